The molecule has 224 valence electrons. The lowest BCUT2D eigenvalue weighted by Crippen LogP contribution is -2.70. The van der Waals surface area contributed by atoms with Gasteiger partial charge in [-0.15, -0.1) is 0 Å². The Labute approximate surface area is 238 Å². The molecule has 1 aliphatic rings. The second kappa shape index (κ2) is 14.0. The van der Waals surface area contributed by atoms with Crippen LogP contribution in [0, 0.1) is 32.1 Å². The van der Waals surface area contributed by atoms with Crippen LogP contribution in [0.5, 0.6) is 0 Å². The average molecular weight is 589 g/mol. The molecule has 0 radical (unpaired) electrons. The van der Waals surface area contributed by atoms with Gasteiger partial charge in [0.25, 0.3) is 11.4 Å². The highest BCUT2D eigenvalue weighted by atomic mass is 16.6. The molecule has 0 saturated carbocycles. The van der Waals surface area contributed by atoms with Crippen molar-refractivity contribution in [3.8, 4) is 0 Å². The third kappa shape index (κ3) is 7.54. The van der Waals surface area contributed by atoms with Gasteiger partial charge < -0.3 is 29.5 Å². The average Bonchev–Trinajstić information content (AvgIpc) is 2.96. The van der Waals surface area contributed by atoms with Gasteiger partial charge in [0.2, 0.25) is 12.1 Å². The molecule has 2 aromatic rings. The van der Waals surface area contributed by atoms with E-state index in [0.717, 1.165) is 4.90 Å². The Morgan fingerprint density at radius 1 is 0.952 bits per heavy atom. The Balaban J connectivity index is 1.65. The van der Waals surface area contributed by atoms with Crippen molar-refractivity contribution in [2.75, 3.05) is 13.2 Å². The maximum absolute atomic E-state index is 13.0. The quantitative estimate of drug-likeness (QED) is 0.113. The number of β-lactam (4-membered cyclic amide) rings is 1. The smallest absolute Gasteiger partial charge is 0.407 e. The maximum Gasteiger partial charge on any atom is 0.407 e. The summed E-state index contributed by atoms with van der Waals surface area (Å²) in [5.74, 6) is -4.16. The summed E-state index contributed by atoms with van der Waals surface area (Å²) in [4.78, 5) is 71.1. The molecule has 4 atom stereocenters. The number of ether oxygens (including phenoxy) is 3. The Kier molecular flexibility index (Phi) is 10.5. The molecule has 1 heterocycles. The van der Waals surface area contributed by atoms with Gasteiger partial charge in [0.1, 0.15) is 13.2 Å². The van der Waals surface area contributed by atoms with Crippen molar-refractivity contribution in [2.45, 2.75) is 39.3 Å². The van der Waals surface area contributed by atoms with Crippen molar-refractivity contribution in [1.29, 1.82) is 0 Å². The van der Waals surface area contributed by atoms with E-state index in [4.69, 9.17) is 14.2 Å². The minimum absolute atomic E-state index is 0.0687. The number of aliphatic hydroxyl groups is 1. The number of nitro groups is 2. The standard InChI is InChI=1S/C26H28N4O12/c1-15(12-40-16(2)31)22-19(11-27-26(35)42-14-18-8-4-6-10-21(18)30(38)39)23(32)28(22)24(33)25(34)41-13-17-7-3-5-9-20(17)29(36)37/h3-10,15,19,22,24,33H,11-14H2,1-2H3,(H,27,35). The summed E-state index contributed by atoms with van der Waals surface area (Å²) < 4.78 is 15.1. The van der Waals surface area contributed by atoms with Gasteiger partial charge in [-0.2, -0.15) is 0 Å². The number of likely N-dealkylation sites (tertiary alicyclic amines) is 1. The van der Waals surface area contributed by atoms with E-state index < -0.39 is 71.1 Å². The Hall–Kier alpha value is -5.12. The zero-order chi connectivity index (χ0) is 31.0. The molecule has 2 aromatic carbocycles. The monoisotopic (exact) mass is 588 g/mol. The van der Waals surface area contributed by atoms with E-state index in [1.54, 1.807) is 6.92 Å². The number of rotatable bonds is 13. The minimum Gasteiger partial charge on any atom is -0.466 e. The van der Waals surface area contributed by atoms with E-state index >= 15 is 0 Å². The summed E-state index contributed by atoms with van der Waals surface area (Å²) in [6, 6.07) is 10.3. The predicted molar refractivity (Wildman–Crippen MR) is 140 cm³/mol. The van der Waals surface area contributed by atoms with Crippen LogP contribution in [0.25, 0.3) is 0 Å². The molecule has 2 amide bonds. The fourth-order valence-corrected chi connectivity index (χ4v) is 4.45. The van der Waals surface area contributed by atoms with E-state index in [2.05, 4.69) is 5.32 Å². The number of amides is 2. The molecular weight excluding hydrogens is 560 g/mol. The van der Waals surface area contributed by atoms with Gasteiger partial charge in [0.15, 0.2) is 0 Å². The summed E-state index contributed by atoms with van der Waals surface area (Å²) in [7, 11) is 0. The number of carbonyl (C=O) groups excluding carboxylic acids is 4. The van der Waals surface area contributed by atoms with Crippen LogP contribution in [-0.2, 0) is 41.8 Å². The van der Waals surface area contributed by atoms with Crippen molar-refractivity contribution in [3.63, 3.8) is 0 Å². The van der Waals surface area contributed by atoms with E-state index in [0.29, 0.717) is 0 Å². The van der Waals surface area contributed by atoms with Crippen molar-refractivity contribution >= 4 is 35.3 Å². The van der Waals surface area contributed by atoms with Gasteiger partial charge >= 0.3 is 18.0 Å². The lowest BCUT2D eigenvalue weighted by atomic mass is 9.79. The van der Waals surface area contributed by atoms with Crippen LogP contribution in [0.15, 0.2) is 48.5 Å². The van der Waals surface area contributed by atoms with E-state index in [-0.39, 0.29) is 35.7 Å². The molecular formula is C26H28N4O12. The fourth-order valence-electron chi connectivity index (χ4n) is 4.45. The zero-order valence-corrected chi connectivity index (χ0v) is 22.5. The first-order chi connectivity index (χ1) is 19.9. The molecule has 16 nitrogen and oxygen atoms in total. The van der Waals surface area contributed by atoms with Crippen LogP contribution in [-0.4, -0.2) is 69.2 Å². The maximum atomic E-state index is 13.0. The van der Waals surface area contributed by atoms with Gasteiger partial charge in [0, 0.05) is 31.5 Å². The zero-order valence-electron chi connectivity index (χ0n) is 22.5. The number of nitro benzene ring substituents is 2. The second-order valence-corrected chi connectivity index (χ2v) is 9.33. The molecule has 1 aliphatic heterocycles. The molecule has 1 saturated heterocycles. The number of esters is 2. The largest absolute Gasteiger partial charge is 0.466 e. The van der Waals surface area contributed by atoms with Gasteiger partial charge in [-0.1, -0.05) is 31.2 Å². The number of para-hydroxylation sites is 2. The SMILES string of the molecule is CC(=O)OCC(C)C1C(CNC(=O)OCc2ccccc2[N+](=O)[O-])C(=O)N1C(O)C(=O)OCc1ccccc1[N+](=O)[O-]. The summed E-state index contributed by atoms with van der Waals surface area (Å²) in [5, 5.41) is 35.4. The van der Waals surface area contributed by atoms with Crippen molar-refractivity contribution in [3.05, 3.63) is 79.9 Å². The van der Waals surface area contributed by atoms with E-state index in [1.807, 2.05) is 0 Å². The summed E-state index contributed by atoms with van der Waals surface area (Å²) in [5.41, 5.74) is -0.317. The molecule has 0 spiro atoms. The summed E-state index contributed by atoms with van der Waals surface area (Å²) in [6.07, 6.45) is -3.07. The molecule has 0 aromatic heterocycles. The third-order valence-corrected chi connectivity index (χ3v) is 6.48. The number of carbonyl (C=O) groups is 4. The van der Waals surface area contributed by atoms with Crippen LogP contribution < -0.4 is 5.32 Å². The second-order valence-electron chi connectivity index (χ2n) is 9.33. The third-order valence-electron chi connectivity index (χ3n) is 6.48. The summed E-state index contributed by atoms with van der Waals surface area (Å²) in [6.45, 7) is 1.34. The van der Waals surface area contributed by atoms with Crippen LogP contribution in [0.4, 0.5) is 16.2 Å². The molecule has 42 heavy (non-hydrogen) atoms. The number of benzene rings is 2. The molecule has 1 fully saturated rings. The van der Waals surface area contributed by atoms with Crippen LogP contribution in [0.2, 0.25) is 0 Å². The van der Waals surface area contributed by atoms with Crippen LogP contribution in [0.1, 0.15) is 25.0 Å². The predicted octanol–water partition coefficient (Wildman–Crippen LogP) is 1.82. The van der Waals surface area contributed by atoms with Crippen molar-refractivity contribution < 1.29 is 48.3 Å². The fraction of sp³-hybridized carbons (Fsp3) is 0.385. The van der Waals surface area contributed by atoms with Crippen LogP contribution in [0.3, 0.4) is 0 Å². The first kappa shape index (κ1) is 31.4. The minimum atomic E-state index is -2.09. The molecule has 2 N–H and O–H groups in total. The normalized spacial score (nSPS) is 17.3. The topological polar surface area (TPSA) is 218 Å². The van der Waals surface area contributed by atoms with E-state index in [9.17, 15) is 44.5 Å². The Bertz CT molecular complexity index is 1370. The molecule has 16 heteroatoms. The summed E-state index contributed by atoms with van der Waals surface area (Å²) >= 11 is 0. The first-order valence-electron chi connectivity index (χ1n) is 12.6. The molecule has 3 rings (SSSR count). The lowest BCUT2D eigenvalue weighted by molar-refractivity contribution is -0.386. The van der Waals surface area contributed by atoms with Gasteiger partial charge in [0.05, 0.1) is 39.5 Å². The molecule has 4 unspecified atom stereocenters. The molecule has 0 bridgehead atoms. The number of aliphatic hydroxyl groups excluding tert-OH is 1. The van der Waals surface area contributed by atoms with E-state index in [1.165, 1.54) is 55.5 Å². The van der Waals surface area contributed by atoms with Gasteiger partial charge in [-0.05, 0) is 12.1 Å². The highest BCUT2D eigenvalue weighted by Gasteiger charge is 2.54. The Morgan fingerprint density at radius 2 is 1.48 bits per heavy atom. The van der Waals surface area contributed by atoms with Gasteiger partial charge in [-0.3, -0.25) is 29.8 Å². The lowest BCUT2D eigenvalue weighted by Gasteiger charge is -2.50. The first-order valence-corrected chi connectivity index (χ1v) is 12.6. The highest BCUT2D eigenvalue weighted by molar-refractivity contribution is 5.91. The molecule has 0 aliphatic carbocycles. The number of hydrogen-bond donors (Lipinski definition) is 2. The number of nitrogens with zero attached hydrogens (tertiary/aromatic N) is 3. The van der Waals surface area contributed by atoms with Crippen molar-refractivity contribution in [2.24, 2.45) is 11.8 Å². The van der Waals surface area contributed by atoms with Gasteiger partial charge in [-0.25, -0.2) is 9.59 Å². The number of nitrogens with one attached hydrogen (secondary N) is 1. The van der Waals surface area contributed by atoms with Crippen LogP contribution >= 0.6 is 0 Å². The highest BCUT2D eigenvalue weighted by Crippen LogP contribution is 2.34. The van der Waals surface area contributed by atoms with Crippen molar-refractivity contribution in [1.82, 2.24) is 10.2 Å². The number of alkyl carbamates (subject to hydrolysis) is 1. The Morgan fingerprint density at radius 3 is 2.00 bits per heavy atom. The number of hydrogen-bond acceptors (Lipinski definition) is 12.